The van der Waals surface area contributed by atoms with Crippen LogP contribution in [0.25, 0.3) is 11.2 Å². The van der Waals surface area contributed by atoms with Gasteiger partial charge >= 0.3 is 7.75 Å². The fourth-order valence-corrected chi connectivity index (χ4v) is 6.16. The van der Waals surface area contributed by atoms with Crippen molar-refractivity contribution in [3.63, 3.8) is 0 Å². The smallest absolute Gasteiger partial charge is 0.382 e. The van der Waals surface area contributed by atoms with E-state index >= 15 is 0 Å². The SMILES string of the molecule is CCC(C)(C)C(=O)SCCOP(=O)(NCc1ccccc1)OC[C@H]1CC[C@@H](n2cnc3c(N)ncnc32)O1. The average molecular weight is 563 g/mol. The van der Waals surface area contributed by atoms with Crippen molar-refractivity contribution >= 4 is 41.6 Å². The fraction of sp³-hybridized carbons (Fsp3) is 0.520. The van der Waals surface area contributed by atoms with Crippen molar-refractivity contribution in [1.82, 2.24) is 24.6 Å². The highest BCUT2D eigenvalue weighted by Crippen LogP contribution is 2.45. The van der Waals surface area contributed by atoms with Gasteiger partial charge in [-0.15, -0.1) is 0 Å². The monoisotopic (exact) mass is 562 g/mol. The minimum atomic E-state index is -3.68. The lowest BCUT2D eigenvalue weighted by atomic mass is 9.92. The lowest BCUT2D eigenvalue weighted by molar-refractivity contribution is -0.118. The van der Waals surface area contributed by atoms with Crippen LogP contribution < -0.4 is 10.8 Å². The second kappa shape index (κ2) is 12.7. The summed E-state index contributed by atoms with van der Waals surface area (Å²) in [6, 6.07) is 9.59. The summed E-state index contributed by atoms with van der Waals surface area (Å²) in [6.07, 6.45) is 4.58. The van der Waals surface area contributed by atoms with Gasteiger partial charge in [0, 0.05) is 17.7 Å². The molecule has 2 aromatic heterocycles. The zero-order valence-corrected chi connectivity index (χ0v) is 23.6. The van der Waals surface area contributed by atoms with Crippen molar-refractivity contribution in [3.8, 4) is 0 Å². The molecule has 38 heavy (non-hydrogen) atoms. The molecule has 1 aliphatic heterocycles. The Bertz CT molecular complexity index is 1270. The number of nitrogen functional groups attached to an aromatic ring is 1. The van der Waals surface area contributed by atoms with Gasteiger partial charge in [0.1, 0.15) is 18.1 Å². The summed E-state index contributed by atoms with van der Waals surface area (Å²) >= 11 is 1.19. The molecule has 1 aliphatic rings. The van der Waals surface area contributed by atoms with Gasteiger partial charge in [0.2, 0.25) is 0 Å². The molecule has 11 nitrogen and oxygen atoms in total. The van der Waals surface area contributed by atoms with Gasteiger partial charge in [-0.05, 0) is 24.8 Å². The predicted octanol–water partition coefficient (Wildman–Crippen LogP) is 4.71. The Morgan fingerprint density at radius 3 is 2.79 bits per heavy atom. The highest BCUT2D eigenvalue weighted by molar-refractivity contribution is 8.13. The Morgan fingerprint density at radius 2 is 2.03 bits per heavy atom. The van der Waals surface area contributed by atoms with E-state index in [0.29, 0.717) is 42.1 Å². The third-order valence-corrected chi connectivity index (χ3v) is 9.29. The van der Waals surface area contributed by atoms with Crippen LogP contribution in [0.4, 0.5) is 5.82 Å². The van der Waals surface area contributed by atoms with Crippen molar-refractivity contribution in [3.05, 3.63) is 48.5 Å². The summed E-state index contributed by atoms with van der Waals surface area (Å²) in [5.41, 5.74) is 7.55. The molecule has 1 aromatic carbocycles. The summed E-state index contributed by atoms with van der Waals surface area (Å²) < 4.78 is 33.2. The molecular weight excluding hydrogens is 527 g/mol. The summed E-state index contributed by atoms with van der Waals surface area (Å²) in [5, 5.41) is 3.03. The number of imidazole rings is 1. The maximum Gasteiger partial charge on any atom is 0.405 e. The Balaban J connectivity index is 1.34. The molecule has 0 radical (unpaired) electrons. The zero-order chi connectivity index (χ0) is 27.2. The number of carbonyl (C=O) groups excluding carboxylic acids is 1. The van der Waals surface area contributed by atoms with Gasteiger partial charge in [-0.3, -0.25) is 18.4 Å². The summed E-state index contributed by atoms with van der Waals surface area (Å²) in [7, 11) is -3.68. The molecule has 0 aliphatic carbocycles. The minimum Gasteiger partial charge on any atom is -0.382 e. The maximum absolute atomic E-state index is 13.6. The van der Waals surface area contributed by atoms with E-state index in [0.717, 1.165) is 12.0 Å². The summed E-state index contributed by atoms with van der Waals surface area (Å²) in [5.74, 6) is 0.691. The van der Waals surface area contributed by atoms with Crippen molar-refractivity contribution in [1.29, 1.82) is 0 Å². The molecule has 0 amide bonds. The Morgan fingerprint density at radius 1 is 1.24 bits per heavy atom. The first-order chi connectivity index (χ1) is 18.2. The first-order valence-corrected chi connectivity index (χ1v) is 15.2. The van der Waals surface area contributed by atoms with Crippen LogP contribution in [0.5, 0.6) is 0 Å². The van der Waals surface area contributed by atoms with Crippen LogP contribution in [0.3, 0.4) is 0 Å². The van der Waals surface area contributed by atoms with E-state index < -0.39 is 13.2 Å². The van der Waals surface area contributed by atoms with Crippen molar-refractivity contribution < 1.29 is 23.1 Å². The topological polar surface area (TPSA) is 143 Å². The van der Waals surface area contributed by atoms with Crippen LogP contribution in [-0.2, 0) is 29.7 Å². The number of nitrogens with one attached hydrogen (secondary N) is 1. The van der Waals surface area contributed by atoms with Crippen LogP contribution in [0.15, 0.2) is 43.0 Å². The van der Waals surface area contributed by atoms with E-state index in [1.807, 2.05) is 55.7 Å². The molecule has 4 rings (SSSR count). The molecule has 0 bridgehead atoms. The molecule has 1 saturated heterocycles. The van der Waals surface area contributed by atoms with Crippen molar-refractivity contribution in [2.45, 2.75) is 58.9 Å². The lowest BCUT2D eigenvalue weighted by Crippen LogP contribution is -2.22. The Hall–Kier alpha value is -2.34. The molecule has 3 aromatic rings. The van der Waals surface area contributed by atoms with Gasteiger partial charge in [0.15, 0.2) is 16.6 Å². The number of rotatable bonds is 13. The van der Waals surface area contributed by atoms with Crippen LogP contribution in [-0.4, -0.2) is 49.7 Å². The second-order valence-corrected chi connectivity index (χ2v) is 12.6. The number of nitrogens with zero attached hydrogens (tertiary/aromatic N) is 4. The molecule has 1 fully saturated rings. The normalized spacial score (nSPS) is 19.6. The average Bonchev–Trinajstić information content (AvgIpc) is 3.57. The number of benzene rings is 1. The number of carbonyl (C=O) groups is 1. The Kier molecular flexibility index (Phi) is 9.56. The van der Waals surface area contributed by atoms with Crippen LogP contribution in [0, 0.1) is 5.41 Å². The van der Waals surface area contributed by atoms with Gasteiger partial charge in [-0.2, -0.15) is 0 Å². The highest BCUT2D eigenvalue weighted by atomic mass is 32.2. The van der Waals surface area contributed by atoms with Crippen molar-refractivity contribution in [2.24, 2.45) is 5.41 Å². The van der Waals surface area contributed by atoms with Crippen LogP contribution >= 0.6 is 19.5 Å². The number of ether oxygens (including phenoxy) is 1. The van der Waals surface area contributed by atoms with Gasteiger partial charge in [0.05, 0.1) is 25.6 Å². The molecule has 3 heterocycles. The molecule has 3 N–H and O–H groups in total. The number of aromatic nitrogens is 4. The first kappa shape index (κ1) is 28.7. The molecule has 0 spiro atoms. The maximum atomic E-state index is 13.6. The van der Waals surface area contributed by atoms with E-state index in [4.69, 9.17) is 19.5 Å². The lowest BCUT2D eigenvalue weighted by Gasteiger charge is -2.22. The number of nitrogens with two attached hydrogens (primary N) is 1. The third-order valence-electron chi connectivity index (χ3n) is 6.55. The van der Waals surface area contributed by atoms with E-state index in [9.17, 15) is 9.36 Å². The van der Waals surface area contributed by atoms with Gasteiger partial charge in [-0.25, -0.2) is 24.6 Å². The third kappa shape index (κ3) is 7.19. The second-order valence-electron chi connectivity index (χ2n) is 9.69. The molecular formula is C25H35N6O5PS. The number of anilines is 1. The molecule has 206 valence electrons. The van der Waals surface area contributed by atoms with E-state index in [-0.39, 0.29) is 30.7 Å². The minimum absolute atomic E-state index is 0.0776. The van der Waals surface area contributed by atoms with Crippen molar-refractivity contribution in [2.75, 3.05) is 24.7 Å². The zero-order valence-electron chi connectivity index (χ0n) is 21.9. The molecule has 1 unspecified atom stereocenters. The van der Waals surface area contributed by atoms with Gasteiger partial charge in [-0.1, -0.05) is 62.9 Å². The van der Waals surface area contributed by atoms with Gasteiger partial charge in [0.25, 0.3) is 0 Å². The quantitative estimate of drug-likeness (QED) is 0.221. The molecule has 13 heteroatoms. The predicted molar refractivity (Wildman–Crippen MR) is 147 cm³/mol. The highest BCUT2D eigenvalue weighted by Gasteiger charge is 2.32. The van der Waals surface area contributed by atoms with E-state index in [1.165, 1.54) is 18.1 Å². The fourth-order valence-electron chi connectivity index (χ4n) is 3.82. The Labute approximate surface area is 226 Å². The molecule has 3 atom stereocenters. The molecule has 0 saturated carbocycles. The first-order valence-electron chi connectivity index (χ1n) is 12.6. The van der Waals surface area contributed by atoms with E-state index in [1.54, 1.807) is 6.33 Å². The number of thioether (sulfide) groups is 1. The largest absolute Gasteiger partial charge is 0.405 e. The van der Waals surface area contributed by atoms with Crippen LogP contribution in [0.1, 0.15) is 51.8 Å². The number of hydrogen-bond acceptors (Lipinski definition) is 10. The number of fused-ring (bicyclic) bond motifs is 1. The summed E-state index contributed by atoms with van der Waals surface area (Å²) in [6.45, 7) is 6.31. The standard InChI is InChI=1S/C25H35N6O5PS/c1-4-25(2,3)24(32)38-13-12-34-37(33,30-14-18-8-6-5-7-9-18)35-15-19-10-11-20(36-19)31-17-29-21-22(26)27-16-28-23(21)31/h5-9,16-17,19-20H,4,10-15H2,1-3H3,(H,30,33)(H2,26,27,28)/t19-,20+,37?/m1/s1. The van der Waals surface area contributed by atoms with Gasteiger partial charge < -0.3 is 10.5 Å². The summed E-state index contributed by atoms with van der Waals surface area (Å²) in [4.78, 5) is 25.0. The van der Waals surface area contributed by atoms with E-state index in [2.05, 4.69) is 20.0 Å². The number of hydrogen-bond donors (Lipinski definition) is 2. The van der Waals surface area contributed by atoms with Crippen LogP contribution in [0.2, 0.25) is 0 Å².